The number of anilines is 1. The second kappa shape index (κ2) is 10.0. The van der Waals surface area contributed by atoms with E-state index in [2.05, 4.69) is 15.8 Å². The third kappa shape index (κ3) is 5.28. The molecule has 0 unspecified atom stereocenters. The SMILES string of the molecule is CCOc1ccc(NC(=O)N/N=C/c2cc(C)n(-c3ccc(C(=O)O)c(Cl)c3)c2C)cc1. The second-order valence-electron chi connectivity index (χ2n) is 6.91. The number of ether oxygens (including phenoxy) is 1. The Morgan fingerprint density at radius 3 is 2.50 bits per heavy atom. The normalized spacial score (nSPS) is 10.9. The maximum atomic E-state index is 12.1. The first-order valence-corrected chi connectivity index (χ1v) is 10.2. The Labute approximate surface area is 190 Å². The van der Waals surface area contributed by atoms with E-state index in [0.717, 1.165) is 28.4 Å². The number of aromatic carboxylic acids is 1. The van der Waals surface area contributed by atoms with Crippen LogP contribution in [-0.4, -0.2) is 34.5 Å². The lowest BCUT2D eigenvalue weighted by molar-refractivity contribution is 0.0697. The molecule has 0 saturated heterocycles. The largest absolute Gasteiger partial charge is 0.494 e. The quantitative estimate of drug-likeness (QED) is 0.345. The topological polar surface area (TPSA) is 105 Å². The van der Waals surface area contributed by atoms with Gasteiger partial charge in [-0.2, -0.15) is 5.10 Å². The van der Waals surface area contributed by atoms with Gasteiger partial charge in [0.2, 0.25) is 0 Å². The van der Waals surface area contributed by atoms with E-state index in [-0.39, 0.29) is 10.6 Å². The number of benzene rings is 2. The maximum Gasteiger partial charge on any atom is 0.339 e. The van der Waals surface area contributed by atoms with E-state index >= 15 is 0 Å². The average molecular weight is 455 g/mol. The summed E-state index contributed by atoms with van der Waals surface area (Å²) in [5.74, 6) is -0.351. The van der Waals surface area contributed by atoms with Gasteiger partial charge in [0.1, 0.15) is 5.75 Å². The van der Waals surface area contributed by atoms with Crippen LogP contribution in [0.25, 0.3) is 5.69 Å². The molecule has 0 atom stereocenters. The molecular weight excluding hydrogens is 432 g/mol. The number of aryl methyl sites for hydroxylation is 1. The van der Waals surface area contributed by atoms with Crippen molar-refractivity contribution in [3.63, 3.8) is 0 Å². The van der Waals surface area contributed by atoms with Crippen LogP contribution < -0.4 is 15.5 Å². The minimum absolute atomic E-state index is 0.0439. The lowest BCUT2D eigenvalue weighted by Crippen LogP contribution is -2.24. The van der Waals surface area contributed by atoms with Gasteiger partial charge in [0.05, 0.1) is 23.4 Å². The maximum absolute atomic E-state index is 12.1. The van der Waals surface area contributed by atoms with Gasteiger partial charge in [0.15, 0.2) is 0 Å². The van der Waals surface area contributed by atoms with Gasteiger partial charge < -0.3 is 19.7 Å². The van der Waals surface area contributed by atoms with Crippen LogP contribution in [0.5, 0.6) is 5.75 Å². The molecule has 9 heteroatoms. The van der Waals surface area contributed by atoms with Crippen LogP contribution in [0.2, 0.25) is 5.02 Å². The highest BCUT2D eigenvalue weighted by Crippen LogP contribution is 2.25. The zero-order valence-corrected chi connectivity index (χ0v) is 18.6. The van der Waals surface area contributed by atoms with Crippen LogP contribution in [0.4, 0.5) is 10.5 Å². The van der Waals surface area contributed by atoms with Gasteiger partial charge in [-0.3, -0.25) is 0 Å². The fraction of sp³-hybridized carbons (Fsp3) is 0.174. The number of rotatable bonds is 7. The molecule has 0 fully saturated rings. The van der Waals surface area contributed by atoms with E-state index in [1.54, 1.807) is 42.6 Å². The summed E-state index contributed by atoms with van der Waals surface area (Å²) in [6.07, 6.45) is 1.55. The van der Waals surface area contributed by atoms with E-state index in [0.29, 0.717) is 12.3 Å². The number of nitrogens with one attached hydrogen (secondary N) is 2. The molecule has 0 aliphatic carbocycles. The number of amides is 2. The molecule has 2 aromatic carbocycles. The van der Waals surface area contributed by atoms with E-state index in [1.807, 2.05) is 31.4 Å². The summed E-state index contributed by atoms with van der Waals surface area (Å²) < 4.78 is 7.30. The third-order valence-electron chi connectivity index (χ3n) is 4.70. The van der Waals surface area contributed by atoms with E-state index < -0.39 is 12.0 Å². The first kappa shape index (κ1) is 22.9. The van der Waals surface area contributed by atoms with Gasteiger partial charge in [0, 0.05) is 28.3 Å². The van der Waals surface area contributed by atoms with Crippen LogP contribution >= 0.6 is 11.6 Å². The number of carboxylic acid groups (broad SMARTS) is 1. The van der Waals surface area contributed by atoms with Crippen molar-refractivity contribution in [2.45, 2.75) is 20.8 Å². The smallest absolute Gasteiger partial charge is 0.339 e. The zero-order valence-electron chi connectivity index (χ0n) is 17.8. The molecule has 3 rings (SSSR count). The Bertz CT molecular complexity index is 1170. The molecule has 0 aliphatic rings. The summed E-state index contributed by atoms with van der Waals surface area (Å²) in [5, 5.41) is 16.0. The minimum Gasteiger partial charge on any atom is -0.494 e. The Kier molecular flexibility index (Phi) is 7.17. The number of halogens is 1. The zero-order chi connectivity index (χ0) is 23.3. The van der Waals surface area contributed by atoms with Gasteiger partial charge in [-0.25, -0.2) is 15.0 Å². The molecule has 1 aromatic heterocycles. The number of hydrogen-bond donors (Lipinski definition) is 3. The molecule has 3 N–H and O–H groups in total. The highest BCUT2D eigenvalue weighted by Gasteiger charge is 2.13. The lowest BCUT2D eigenvalue weighted by Gasteiger charge is -2.11. The Morgan fingerprint density at radius 2 is 1.88 bits per heavy atom. The molecule has 0 aliphatic heterocycles. The number of carbonyl (C=O) groups is 2. The summed E-state index contributed by atoms with van der Waals surface area (Å²) >= 11 is 6.11. The van der Waals surface area contributed by atoms with Gasteiger partial charge >= 0.3 is 12.0 Å². The molecule has 166 valence electrons. The summed E-state index contributed by atoms with van der Waals surface area (Å²) in [4.78, 5) is 23.3. The standard InChI is InChI=1S/C23H23ClN4O4/c1-4-32-19-8-5-17(6-9-19)26-23(31)27-25-13-16-11-14(2)28(15(16)3)18-7-10-20(22(29)30)21(24)12-18/h5-13H,4H2,1-3H3,(H,29,30)(H2,26,27,31)/b25-13+. The van der Waals surface area contributed by atoms with Crippen molar-refractivity contribution in [1.29, 1.82) is 0 Å². The van der Waals surface area contributed by atoms with E-state index in [1.165, 1.54) is 6.07 Å². The second-order valence-corrected chi connectivity index (χ2v) is 7.32. The first-order valence-electron chi connectivity index (χ1n) is 9.85. The van der Waals surface area contributed by atoms with E-state index in [9.17, 15) is 9.59 Å². The molecule has 3 aromatic rings. The molecule has 0 spiro atoms. The first-order chi connectivity index (χ1) is 15.3. The predicted octanol–water partition coefficient (Wildman–Crippen LogP) is 5.00. The monoisotopic (exact) mass is 454 g/mol. The van der Waals surface area contributed by atoms with Crippen molar-refractivity contribution in [2.75, 3.05) is 11.9 Å². The molecule has 0 radical (unpaired) electrons. The number of urea groups is 1. The highest BCUT2D eigenvalue weighted by atomic mass is 35.5. The molecular formula is C23H23ClN4O4. The fourth-order valence-corrected chi connectivity index (χ4v) is 3.51. The number of carboxylic acids is 1. The van der Waals surface area contributed by atoms with Crippen molar-refractivity contribution >= 4 is 35.5 Å². The molecule has 8 nitrogen and oxygen atoms in total. The van der Waals surface area contributed by atoms with Crippen LogP contribution in [0.1, 0.15) is 34.2 Å². The van der Waals surface area contributed by atoms with Crippen molar-refractivity contribution in [3.8, 4) is 11.4 Å². The highest BCUT2D eigenvalue weighted by molar-refractivity contribution is 6.33. The minimum atomic E-state index is -1.08. The van der Waals surface area contributed by atoms with Crippen LogP contribution in [0, 0.1) is 13.8 Å². The van der Waals surface area contributed by atoms with Crippen LogP contribution in [0.3, 0.4) is 0 Å². The van der Waals surface area contributed by atoms with Crippen molar-refractivity contribution in [2.24, 2.45) is 5.10 Å². The van der Waals surface area contributed by atoms with Gasteiger partial charge in [0.25, 0.3) is 0 Å². The Balaban J connectivity index is 1.68. The van der Waals surface area contributed by atoms with Crippen molar-refractivity contribution in [1.82, 2.24) is 9.99 Å². The van der Waals surface area contributed by atoms with Crippen LogP contribution in [-0.2, 0) is 0 Å². The number of hydrogen-bond acceptors (Lipinski definition) is 4. The summed E-state index contributed by atoms with van der Waals surface area (Å²) in [6, 6.07) is 13.2. The summed E-state index contributed by atoms with van der Waals surface area (Å²) in [6.45, 7) is 6.28. The van der Waals surface area contributed by atoms with Gasteiger partial charge in [-0.05, 0) is 69.3 Å². The van der Waals surface area contributed by atoms with Gasteiger partial charge in [-0.15, -0.1) is 0 Å². The van der Waals surface area contributed by atoms with Gasteiger partial charge in [-0.1, -0.05) is 11.6 Å². The number of hydrazone groups is 1. The number of carbonyl (C=O) groups excluding carboxylic acids is 1. The Hall–Kier alpha value is -3.78. The molecule has 32 heavy (non-hydrogen) atoms. The number of nitrogens with zero attached hydrogens (tertiary/aromatic N) is 2. The van der Waals surface area contributed by atoms with Crippen molar-refractivity contribution < 1.29 is 19.4 Å². The van der Waals surface area contributed by atoms with E-state index in [4.69, 9.17) is 21.4 Å². The summed E-state index contributed by atoms with van der Waals surface area (Å²) in [5.41, 5.74) is 6.38. The van der Waals surface area contributed by atoms with Crippen molar-refractivity contribution in [3.05, 3.63) is 76.1 Å². The predicted molar refractivity (Wildman–Crippen MR) is 125 cm³/mol. The molecule has 0 saturated carbocycles. The lowest BCUT2D eigenvalue weighted by atomic mass is 10.2. The summed E-state index contributed by atoms with van der Waals surface area (Å²) in [7, 11) is 0. The molecule has 0 bridgehead atoms. The average Bonchev–Trinajstić information content (AvgIpc) is 3.02. The number of aromatic nitrogens is 1. The van der Waals surface area contributed by atoms with Crippen LogP contribution in [0.15, 0.2) is 53.6 Å². The Morgan fingerprint density at radius 1 is 1.16 bits per heavy atom. The third-order valence-corrected chi connectivity index (χ3v) is 5.02. The fourth-order valence-electron chi connectivity index (χ4n) is 3.25. The molecule has 1 heterocycles. The molecule has 2 amide bonds.